The Morgan fingerprint density at radius 3 is 2.57 bits per heavy atom. The Bertz CT molecular complexity index is 1020. The van der Waals surface area contributed by atoms with Crippen LogP contribution in [0.15, 0.2) is 47.5 Å². The maximum Gasteiger partial charge on any atom is 0.270 e. The molecule has 4 rings (SSSR count). The van der Waals surface area contributed by atoms with Crippen LogP contribution in [0, 0.1) is 10.1 Å². The topological polar surface area (TPSA) is 102 Å². The van der Waals surface area contributed by atoms with E-state index in [0.29, 0.717) is 6.54 Å². The minimum Gasteiger partial charge on any atom is -0.497 e. The number of non-ortho nitro benzene ring substituents is 1. The number of nitro benzene ring substituents is 1. The summed E-state index contributed by atoms with van der Waals surface area (Å²) in [6.45, 7) is 0.688. The molecular weight excluding hydrogens is 382 g/mol. The summed E-state index contributed by atoms with van der Waals surface area (Å²) in [4.78, 5) is 41.2. The van der Waals surface area contributed by atoms with Crippen molar-refractivity contribution >= 4 is 34.3 Å². The largest absolute Gasteiger partial charge is 0.497 e. The van der Waals surface area contributed by atoms with Gasteiger partial charge in [-0.05, 0) is 30.3 Å². The van der Waals surface area contributed by atoms with Crippen LogP contribution < -0.4 is 4.74 Å². The zero-order valence-electron chi connectivity index (χ0n) is 14.8. The van der Waals surface area contributed by atoms with E-state index in [1.807, 2.05) is 24.3 Å². The van der Waals surface area contributed by atoms with Crippen molar-refractivity contribution in [2.45, 2.75) is 5.25 Å². The lowest BCUT2D eigenvalue weighted by atomic mass is 10.1. The monoisotopic (exact) mass is 397 g/mol. The molecule has 2 aliphatic heterocycles. The summed E-state index contributed by atoms with van der Waals surface area (Å²) >= 11 is 1.51. The molecule has 1 unspecified atom stereocenters. The van der Waals surface area contributed by atoms with E-state index in [2.05, 4.69) is 4.99 Å². The van der Waals surface area contributed by atoms with E-state index < -0.39 is 16.7 Å². The molecule has 2 aromatic carbocycles. The number of carbonyl (C=O) groups is 2. The maximum atomic E-state index is 12.6. The summed E-state index contributed by atoms with van der Waals surface area (Å²) in [5.74, 6) is -0.167. The number of carbonyl (C=O) groups excluding carboxylic acids is 2. The lowest BCUT2D eigenvalue weighted by Crippen LogP contribution is -2.36. The third-order valence-electron chi connectivity index (χ3n) is 4.61. The second kappa shape index (κ2) is 7.08. The van der Waals surface area contributed by atoms with Gasteiger partial charge in [0, 0.05) is 29.5 Å². The van der Waals surface area contributed by atoms with Crippen molar-refractivity contribution in [1.29, 1.82) is 0 Å². The molecule has 2 amide bonds. The highest BCUT2D eigenvalue weighted by molar-refractivity contribution is 8.15. The number of thioether (sulfide) groups is 1. The fourth-order valence-electron chi connectivity index (χ4n) is 3.17. The highest BCUT2D eigenvalue weighted by Crippen LogP contribution is 2.31. The molecule has 8 nitrogen and oxygen atoms in total. The summed E-state index contributed by atoms with van der Waals surface area (Å²) < 4.78 is 5.15. The number of hydrogen-bond donors (Lipinski definition) is 0. The van der Waals surface area contributed by atoms with Gasteiger partial charge in [-0.25, -0.2) is 0 Å². The summed E-state index contributed by atoms with van der Waals surface area (Å²) in [5, 5.41) is 11.7. The van der Waals surface area contributed by atoms with E-state index in [4.69, 9.17) is 4.74 Å². The Labute approximate surface area is 164 Å². The highest BCUT2D eigenvalue weighted by Gasteiger charge is 2.38. The van der Waals surface area contributed by atoms with Gasteiger partial charge >= 0.3 is 0 Å². The van der Waals surface area contributed by atoms with E-state index in [9.17, 15) is 19.7 Å². The first-order chi connectivity index (χ1) is 13.5. The predicted octanol–water partition coefficient (Wildman–Crippen LogP) is 2.76. The van der Waals surface area contributed by atoms with Gasteiger partial charge in [0.05, 0.1) is 34.7 Å². The Balaban J connectivity index is 1.46. The molecule has 0 spiro atoms. The van der Waals surface area contributed by atoms with E-state index in [1.54, 1.807) is 7.11 Å². The Morgan fingerprint density at radius 1 is 1.18 bits per heavy atom. The van der Waals surface area contributed by atoms with Crippen LogP contribution in [-0.4, -0.2) is 52.1 Å². The van der Waals surface area contributed by atoms with Gasteiger partial charge in [-0.1, -0.05) is 11.8 Å². The van der Waals surface area contributed by atoms with E-state index in [0.717, 1.165) is 27.3 Å². The number of benzene rings is 2. The second-order valence-corrected chi connectivity index (χ2v) is 7.61. The molecule has 2 aliphatic rings. The molecular formula is C19H15N3O5S. The third kappa shape index (κ3) is 3.13. The molecule has 0 fully saturated rings. The molecule has 0 aromatic heterocycles. The lowest BCUT2D eigenvalue weighted by molar-refractivity contribution is -0.384. The summed E-state index contributed by atoms with van der Waals surface area (Å²) in [7, 11) is 1.60. The fraction of sp³-hybridized carbons (Fsp3) is 0.211. The number of nitro groups is 1. The zero-order valence-corrected chi connectivity index (χ0v) is 15.6. The minimum atomic E-state index is -0.581. The van der Waals surface area contributed by atoms with Gasteiger partial charge in [-0.3, -0.25) is 29.6 Å². The number of amides is 2. The summed E-state index contributed by atoms with van der Waals surface area (Å²) in [6, 6.07) is 11.3. The first-order valence-corrected chi connectivity index (χ1v) is 9.36. The maximum absolute atomic E-state index is 12.6. The van der Waals surface area contributed by atoms with Crippen LogP contribution in [-0.2, 0) is 0 Å². The van der Waals surface area contributed by atoms with Crippen molar-refractivity contribution < 1.29 is 19.2 Å². The molecule has 0 aliphatic carbocycles. The fourth-order valence-corrected chi connectivity index (χ4v) is 4.28. The van der Waals surface area contributed by atoms with Gasteiger partial charge in [0.1, 0.15) is 5.75 Å². The first-order valence-electron chi connectivity index (χ1n) is 8.48. The number of fused-ring (bicyclic) bond motifs is 1. The molecule has 28 heavy (non-hydrogen) atoms. The van der Waals surface area contributed by atoms with Gasteiger partial charge in [0.2, 0.25) is 0 Å². The first kappa shape index (κ1) is 18.2. The Hall–Kier alpha value is -3.20. The second-order valence-electron chi connectivity index (χ2n) is 6.32. The van der Waals surface area contributed by atoms with Gasteiger partial charge in [-0.2, -0.15) is 0 Å². The van der Waals surface area contributed by atoms with Crippen LogP contribution in [0.5, 0.6) is 5.75 Å². The van der Waals surface area contributed by atoms with Gasteiger partial charge in [0.25, 0.3) is 17.5 Å². The Kier molecular flexibility index (Phi) is 4.60. The van der Waals surface area contributed by atoms with Crippen LogP contribution in [0.3, 0.4) is 0 Å². The number of imide groups is 1. The van der Waals surface area contributed by atoms with E-state index in [1.165, 1.54) is 23.9 Å². The number of nitrogens with zero attached hydrogens (tertiary/aromatic N) is 3. The summed E-state index contributed by atoms with van der Waals surface area (Å²) in [5.41, 5.74) is 1.03. The molecule has 0 bridgehead atoms. The molecule has 0 N–H and O–H groups in total. The van der Waals surface area contributed by atoms with Crippen molar-refractivity contribution in [3.05, 3.63) is 69.3 Å². The molecule has 0 radical (unpaired) electrons. The molecule has 0 saturated heterocycles. The molecule has 2 heterocycles. The number of methoxy groups -OCH3 is 1. The highest BCUT2D eigenvalue weighted by atomic mass is 32.2. The predicted molar refractivity (Wildman–Crippen MR) is 104 cm³/mol. The summed E-state index contributed by atoms with van der Waals surface area (Å²) in [6.07, 6.45) is 0. The van der Waals surface area contributed by atoms with Gasteiger partial charge in [0.15, 0.2) is 0 Å². The SMILES string of the molecule is COc1ccc(C2=NCC(CN3C(=O)c4ccc([N+](=O)[O-])cc4C3=O)S2)cc1. The van der Waals surface area contributed by atoms with Crippen LogP contribution in [0.4, 0.5) is 5.69 Å². The van der Waals surface area contributed by atoms with Crippen LogP contribution >= 0.6 is 11.8 Å². The number of rotatable bonds is 5. The van der Waals surface area contributed by atoms with Crippen LogP contribution in [0.2, 0.25) is 0 Å². The number of aliphatic imine (C=N–C) groups is 1. The molecule has 9 heteroatoms. The van der Waals surface area contributed by atoms with E-state index in [-0.39, 0.29) is 28.6 Å². The molecule has 1 atom stereocenters. The quantitative estimate of drug-likeness (QED) is 0.437. The van der Waals surface area contributed by atoms with Crippen molar-refractivity contribution in [1.82, 2.24) is 4.90 Å². The van der Waals surface area contributed by atoms with Crippen LogP contribution in [0.1, 0.15) is 26.3 Å². The van der Waals surface area contributed by atoms with Gasteiger partial charge in [-0.15, -0.1) is 0 Å². The average molecular weight is 397 g/mol. The minimum absolute atomic E-state index is 0.0608. The molecule has 2 aromatic rings. The standard InChI is InChI=1S/C19H15N3O5S/c1-27-13-5-2-11(3-6-13)17-20-9-14(28-17)10-21-18(23)15-7-4-12(22(25)26)8-16(15)19(21)24/h2-8,14H,9-10H2,1H3. The smallest absolute Gasteiger partial charge is 0.270 e. The molecule has 142 valence electrons. The van der Waals surface area contributed by atoms with Crippen molar-refractivity contribution in [3.63, 3.8) is 0 Å². The third-order valence-corrected chi connectivity index (χ3v) is 5.82. The number of hydrogen-bond acceptors (Lipinski definition) is 7. The zero-order chi connectivity index (χ0) is 19.8. The van der Waals surface area contributed by atoms with Crippen molar-refractivity contribution in [2.24, 2.45) is 4.99 Å². The van der Waals surface area contributed by atoms with Crippen molar-refractivity contribution in [3.8, 4) is 5.75 Å². The lowest BCUT2D eigenvalue weighted by Gasteiger charge is -2.17. The van der Waals surface area contributed by atoms with Gasteiger partial charge < -0.3 is 4.74 Å². The van der Waals surface area contributed by atoms with E-state index >= 15 is 0 Å². The Morgan fingerprint density at radius 2 is 1.89 bits per heavy atom. The van der Waals surface area contributed by atoms with Crippen LogP contribution in [0.25, 0.3) is 0 Å². The number of ether oxygens (including phenoxy) is 1. The average Bonchev–Trinajstić information content (AvgIpc) is 3.27. The van der Waals surface area contributed by atoms with Crippen molar-refractivity contribution in [2.75, 3.05) is 20.2 Å². The molecule has 0 saturated carbocycles. The normalized spacial score (nSPS) is 18.2.